The van der Waals surface area contributed by atoms with Gasteiger partial charge in [0.05, 0.1) is 21.3 Å². The Hall–Kier alpha value is -1.65. The van der Waals surface area contributed by atoms with E-state index in [1.807, 2.05) is 0 Å². The van der Waals surface area contributed by atoms with Crippen LogP contribution >= 0.6 is 11.6 Å². The fourth-order valence-electron chi connectivity index (χ4n) is 1.49. The van der Waals surface area contributed by atoms with Crippen LogP contribution in [0.15, 0.2) is 58.3 Å². The normalized spacial score (nSPS) is 12.1. The van der Waals surface area contributed by atoms with Gasteiger partial charge in [-0.1, -0.05) is 23.7 Å². The summed E-state index contributed by atoms with van der Waals surface area (Å²) in [5.74, 6) is -1.09. The number of aromatic carboxylic acids is 1. The summed E-state index contributed by atoms with van der Waals surface area (Å²) < 4.78 is 12.3. The summed E-state index contributed by atoms with van der Waals surface area (Å²) in [6.45, 7) is 0. The number of hydrogen-bond acceptors (Lipinski definition) is 2. The summed E-state index contributed by atoms with van der Waals surface area (Å²) in [5.41, 5.74) is 0.0470. The molecule has 0 spiro atoms. The molecule has 0 bridgehead atoms. The topological polar surface area (TPSA) is 54.4 Å². The molecule has 2 aromatic rings. The Labute approximate surface area is 111 Å². The van der Waals surface area contributed by atoms with Gasteiger partial charge in [0.2, 0.25) is 0 Å². The Bertz CT molecular complexity index is 608. The number of benzene rings is 2. The van der Waals surface area contributed by atoms with Gasteiger partial charge >= 0.3 is 5.97 Å². The van der Waals surface area contributed by atoms with E-state index in [1.165, 1.54) is 6.07 Å². The smallest absolute Gasteiger partial charge is 0.336 e. The third-order valence-electron chi connectivity index (χ3n) is 2.34. The quantitative estimate of drug-likeness (QED) is 0.939. The van der Waals surface area contributed by atoms with Crippen molar-refractivity contribution in [1.29, 1.82) is 0 Å². The number of carboxylic acid groups (broad SMARTS) is 1. The monoisotopic (exact) mass is 280 g/mol. The maximum Gasteiger partial charge on any atom is 0.336 e. The molecule has 0 aliphatic rings. The third kappa shape index (κ3) is 2.60. The van der Waals surface area contributed by atoms with E-state index < -0.39 is 16.8 Å². The molecule has 1 N–H and O–H groups in total. The highest BCUT2D eigenvalue weighted by molar-refractivity contribution is 7.85. The fourth-order valence-corrected chi connectivity index (χ4v) is 2.81. The van der Waals surface area contributed by atoms with Gasteiger partial charge in [-0.05, 0) is 36.4 Å². The van der Waals surface area contributed by atoms with Crippen molar-refractivity contribution in [3.8, 4) is 0 Å². The molecule has 0 saturated carbocycles. The first-order chi connectivity index (χ1) is 8.59. The Morgan fingerprint density at radius 1 is 1.06 bits per heavy atom. The van der Waals surface area contributed by atoms with Crippen molar-refractivity contribution < 1.29 is 14.1 Å². The molecule has 18 heavy (non-hydrogen) atoms. The SMILES string of the molecule is O=C(O)c1ccccc1S(=O)c1ccc(Cl)cc1. The molecule has 2 aromatic carbocycles. The van der Waals surface area contributed by atoms with E-state index in [0.717, 1.165) is 0 Å². The van der Waals surface area contributed by atoms with Crippen LogP contribution in [0.4, 0.5) is 0 Å². The average molecular weight is 281 g/mol. The van der Waals surface area contributed by atoms with Gasteiger partial charge in [-0.3, -0.25) is 0 Å². The van der Waals surface area contributed by atoms with E-state index >= 15 is 0 Å². The summed E-state index contributed by atoms with van der Waals surface area (Å²) in [6, 6.07) is 12.7. The first kappa shape index (κ1) is 12.8. The Morgan fingerprint density at radius 3 is 2.28 bits per heavy atom. The molecular formula is C13H9ClO3S. The van der Waals surface area contributed by atoms with Gasteiger partial charge in [-0.15, -0.1) is 0 Å². The highest BCUT2D eigenvalue weighted by atomic mass is 35.5. The number of halogens is 1. The van der Waals surface area contributed by atoms with E-state index in [0.29, 0.717) is 9.92 Å². The summed E-state index contributed by atoms with van der Waals surface area (Å²) >= 11 is 5.75. The molecule has 3 nitrogen and oxygen atoms in total. The van der Waals surface area contributed by atoms with Crippen LogP contribution < -0.4 is 0 Å². The lowest BCUT2D eigenvalue weighted by atomic mass is 10.2. The molecule has 0 heterocycles. The molecule has 0 aliphatic carbocycles. The third-order valence-corrected chi connectivity index (χ3v) is 4.05. The van der Waals surface area contributed by atoms with Crippen molar-refractivity contribution in [3.05, 3.63) is 59.1 Å². The van der Waals surface area contributed by atoms with Gasteiger partial charge in [0.25, 0.3) is 0 Å². The minimum absolute atomic E-state index is 0.0470. The molecule has 1 unspecified atom stereocenters. The lowest BCUT2D eigenvalue weighted by molar-refractivity contribution is 0.0693. The summed E-state index contributed by atoms with van der Waals surface area (Å²) in [5, 5.41) is 9.59. The van der Waals surface area contributed by atoms with E-state index in [-0.39, 0.29) is 10.5 Å². The second kappa shape index (κ2) is 5.33. The summed E-state index contributed by atoms with van der Waals surface area (Å²) in [4.78, 5) is 11.9. The molecule has 92 valence electrons. The van der Waals surface area contributed by atoms with Gasteiger partial charge < -0.3 is 5.11 Å². The van der Waals surface area contributed by atoms with E-state index in [4.69, 9.17) is 16.7 Å². The largest absolute Gasteiger partial charge is 0.478 e. The van der Waals surface area contributed by atoms with Gasteiger partial charge in [0.15, 0.2) is 0 Å². The maximum absolute atomic E-state index is 12.3. The maximum atomic E-state index is 12.3. The predicted molar refractivity (Wildman–Crippen MR) is 69.5 cm³/mol. The van der Waals surface area contributed by atoms with Crippen molar-refractivity contribution in [2.24, 2.45) is 0 Å². The molecule has 0 aromatic heterocycles. The Balaban J connectivity index is 2.46. The van der Waals surface area contributed by atoms with E-state index in [9.17, 15) is 9.00 Å². The molecule has 0 radical (unpaired) electrons. The van der Waals surface area contributed by atoms with Crippen LogP contribution in [0.2, 0.25) is 5.02 Å². The zero-order valence-electron chi connectivity index (χ0n) is 9.17. The standard InChI is InChI=1S/C13H9ClO3S/c14-9-5-7-10(8-6-9)18(17)12-4-2-1-3-11(12)13(15)16/h1-8H,(H,15,16). The molecular weight excluding hydrogens is 272 g/mol. The van der Waals surface area contributed by atoms with Crippen LogP contribution in [0.25, 0.3) is 0 Å². The van der Waals surface area contributed by atoms with Crippen molar-refractivity contribution in [2.45, 2.75) is 9.79 Å². The molecule has 0 fully saturated rings. The van der Waals surface area contributed by atoms with Gasteiger partial charge in [0, 0.05) is 9.92 Å². The molecule has 0 aliphatic heterocycles. The molecule has 0 saturated heterocycles. The number of carbonyl (C=O) groups is 1. The van der Waals surface area contributed by atoms with E-state index in [2.05, 4.69) is 0 Å². The first-order valence-electron chi connectivity index (χ1n) is 5.09. The molecule has 2 rings (SSSR count). The molecule has 0 amide bonds. The van der Waals surface area contributed by atoms with Crippen LogP contribution in [0.3, 0.4) is 0 Å². The van der Waals surface area contributed by atoms with Crippen LogP contribution in [-0.4, -0.2) is 15.3 Å². The fraction of sp³-hybridized carbons (Fsp3) is 0. The van der Waals surface area contributed by atoms with Crippen molar-refractivity contribution in [2.75, 3.05) is 0 Å². The van der Waals surface area contributed by atoms with Gasteiger partial charge in [-0.2, -0.15) is 0 Å². The predicted octanol–water partition coefficient (Wildman–Crippen LogP) is 3.20. The lowest BCUT2D eigenvalue weighted by Gasteiger charge is -2.05. The lowest BCUT2D eigenvalue weighted by Crippen LogP contribution is -2.04. The minimum Gasteiger partial charge on any atom is -0.478 e. The zero-order valence-corrected chi connectivity index (χ0v) is 10.7. The van der Waals surface area contributed by atoms with Crippen LogP contribution in [-0.2, 0) is 10.8 Å². The molecule has 5 heteroatoms. The second-order valence-corrected chi connectivity index (χ2v) is 5.41. The first-order valence-corrected chi connectivity index (χ1v) is 6.62. The van der Waals surface area contributed by atoms with Gasteiger partial charge in [0.1, 0.15) is 0 Å². The van der Waals surface area contributed by atoms with Crippen LogP contribution in [0.5, 0.6) is 0 Å². The average Bonchev–Trinajstić information content (AvgIpc) is 2.39. The number of carboxylic acids is 1. The van der Waals surface area contributed by atoms with Crippen molar-refractivity contribution in [1.82, 2.24) is 0 Å². The summed E-state index contributed by atoms with van der Waals surface area (Å²) in [6.07, 6.45) is 0. The van der Waals surface area contributed by atoms with E-state index in [1.54, 1.807) is 42.5 Å². The van der Waals surface area contributed by atoms with Crippen LogP contribution in [0.1, 0.15) is 10.4 Å². The van der Waals surface area contributed by atoms with Crippen molar-refractivity contribution >= 4 is 28.4 Å². The summed E-state index contributed by atoms with van der Waals surface area (Å²) in [7, 11) is -1.53. The second-order valence-electron chi connectivity index (χ2n) is 3.52. The number of hydrogen-bond donors (Lipinski definition) is 1. The Morgan fingerprint density at radius 2 is 1.67 bits per heavy atom. The van der Waals surface area contributed by atoms with Crippen LogP contribution in [0, 0.1) is 0 Å². The van der Waals surface area contributed by atoms with Crippen molar-refractivity contribution in [3.63, 3.8) is 0 Å². The highest BCUT2D eigenvalue weighted by Gasteiger charge is 2.15. The highest BCUT2D eigenvalue weighted by Crippen LogP contribution is 2.21. The number of rotatable bonds is 3. The zero-order chi connectivity index (χ0) is 13.1. The van der Waals surface area contributed by atoms with Gasteiger partial charge in [-0.25, -0.2) is 9.00 Å². The minimum atomic E-state index is -1.53. The molecule has 1 atom stereocenters. The Kier molecular flexibility index (Phi) is 3.79.